The third-order valence-corrected chi connectivity index (χ3v) is 2.89. The van der Waals surface area contributed by atoms with Gasteiger partial charge in [0.25, 0.3) is 0 Å². The van der Waals surface area contributed by atoms with Gasteiger partial charge in [-0.1, -0.05) is 24.9 Å². The second-order valence-corrected chi connectivity index (χ2v) is 4.64. The molecule has 0 aliphatic heterocycles. The number of hydrogen-bond donors (Lipinski definition) is 2. The van der Waals surface area contributed by atoms with Crippen molar-refractivity contribution in [3.05, 3.63) is 28.8 Å². The lowest BCUT2D eigenvalue weighted by Crippen LogP contribution is -2.35. The predicted octanol–water partition coefficient (Wildman–Crippen LogP) is 2.13. The number of primary amides is 1. The lowest BCUT2D eigenvalue weighted by atomic mass is 10.1. The Morgan fingerprint density at radius 1 is 1.42 bits per heavy atom. The molecule has 0 saturated carbocycles. The molecule has 19 heavy (non-hydrogen) atoms. The van der Waals surface area contributed by atoms with Crippen molar-refractivity contribution < 1.29 is 14.7 Å². The Morgan fingerprint density at radius 3 is 2.63 bits per heavy atom. The Morgan fingerprint density at radius 2 is 2.11 bits per heavy atom. The summed E-state index contributed by atoms with van der Waals surface area (Å²) in [5.74, 6) is -1.58. The van der Waals surface area contributed by atoms with Gasteiger partial charge in [0.05, 0.1) is 17.8 Å². The molecule has 1 amide bonds. The van der Waals surface area contributed by atoms with E-state index in [4.69, 9.17) is 17.3 Å². The molecule has 1 aromatic carbocycles. The summed E-state index contributed by atoms with van der Waals surface area (Å²) >= 11 is 5.80. The van der Waals surface area contributed by atoms with Crippen molar-refractivity contribution in [2.24, 2.45) is 5.73 Å². The molecule has 0 aliphatic carbocycles. The molecule has 0 atom stereocenters. The number of carboxylic acids is 1. The number of nitrogens with two attached hydrogens (primary N) is 1. The van der Waals surface area contributed by atoms with Crippen molar-refractivity contribution >= 4 is 29.2 Å². The Bertz CT molecular complexity index is 477. The normalized spacial score (nSPS) is 10.2. The van der Waals surface area contributed by atoms with E-state index in [1.54, 1.807) is 17.0 Å². The smallest absolute Gasteiger partial charge is 0.337 e. The molecule has 5 nitrogen and oxygen atoms in total. The van der Waals surface area contributed by atoms with Crippen molar-refractivity contribution in [2.75, 3.05) is 18.0 Å². The van der Waals surface area contributed by atoms with E-state index in [1.807, 2.05) is 6.92 Å². The molecule has 0 unspecified atom stereocenters. The van der Waals surface area contributed by atoms with Crippen LogP contribution in [0.5, 0.6) is 0 Å². The van der Waals surface area contributed by atoms with E-state index in [2.05, 4.69) is 0 Å². The highest BCUT2D eigenvalue weighted by atomic mass is 35.5. The Hall–Kier alpha value is -1.75. The van der Waals surface area contributed by atoms with Gasteiger partial charge in [0.1, 0.15) is 0 Å². The van der Waals surface area contributed by atoms with Crippen LogP contribution in [-0.4, -0.2) is 30.1 Å². The van der Waals surface area contributed by atoms with Crippen molar-refractivity contribution in [2.45, 2.75) is 19.8 Å². The van der Waals surface area contributed by atoms with E-state index in [1.165, 1.54) is 6.07 Å². The first kappa shape index (κ1) is 15.3. The van der Waals surface area contributed by atoms with Crippen LogP contribution in [0, 0.1) is 0 Å². The number of benzene rings is 1. The number of nitrogens with zero attached hydrogens (tertiary/aromatic N) is 1. The van der Waals surface area contributed by atoms with Crippen LogP contribution in [0.1, 0.15) is 30.1 Å². The summed E-state index contributed by atoms with van der Waals surface area (Å²) < 4.78 is 0. The number of aromatic carboxylic acids is 1. The number of carboxylic acid groups (broad SMARTS) is 1. The number of carbonyl (C=O) groups is 2. The number of hydrogen-bond acceptors (Lipinski definition) is 3. The standard InChI is InChI=1S/C13H17ClN2O3/c1-2-3-6-16(8-12(15)17)11-5-4-9(14)7-10(11)13(18)19/h4-5,7H,2-3,6,8H2,1H3,(H2,15,17)(H,18,19). The zero-order valence-corrected chi connectivity index (χ0v) is 11.5. The maximum absolute atomic E-state index is 11.2. The predicted molar refractivity (Wildman–Crippen MR) is 74.7 cm³/mol. The van der Waals surface area contributed by atoms with Gasteiger partial charge in [-0.2, -0.15) is 0 Å². The third kappa shape index (κ3) is 4.44. The monoisotopic (exact) mass is 284 g/mol. The molecule has 1 rings (SSSR count). The minimum absolute atomic E-state index is 0.0120. The van der Waals surface area contributed by atoms with Gasteiger partial charge in [-0.25, -0.2) is 4.79 Å². The number of rotatable bonds is 7. The molecule has 3 N–H and O–H groups in total. The molecule has 0 radical (unpaired) electrons. The van der Waals surface area contributed by atoms with E-state index in [0.717, 1.165) is 12.8 Å². The maximum Gasteiger partial charge on any atom is 0.337 e. The van der Waals surface area contributed by atoms with Gasteiger partial charge < -0.3 is 15.7 Å². The van der Waals surface area contributed by atoms with Crippen LogP contribution in [0.4, 0.5) is 5.69 Å². The quantitative estimate of drug-likeness (QED) is 0.803. The van der Waals surface area contributed by atoms with Crippen LogP contribution >= 0.6 is 11.6 Å². The Kier molecular flexibility index (Phi) is 5.63. The van der Waals surface area contributed by atoms with Gasteiger partial charge in [-0.15, -0.1) is 0 Å². The lowest BCUT2D eigenvalue weighted by molar-refractivity contribution is -0.116. The molecule has 0 saturated heterocycles. The van der Waals surface area contributed by atoms with Crippen LogP contribution < -0.4 is 10.6 Å². The minimum Gasteiger partial charge on any atom is -0.478 e. The average molecular weight is 285 g/mol. The molecule has 0 aromatic heterocycles. The highest BCUT2D eigenvalue weighted by molar-refractivity contribution is 6.31. The Labute approximate surface area is 117 Å². The third-order valence-electron chi connectivity index (χ3n) is 2.66. The molecule has 0 fully saturated rings. The van der Waals surface area contributed by atoms with E-state index in [0.29, 0.717) is 17.3 Å². The van der Waals surface area contributed by atoms with Gasteiger partial charge >= 0.3 is 5.97 Å². The number of anilines is 1. The summed E-state index contributed by atoms with van der Waals surface area (Å²) in [4.78, 5) is 24.0. The zero-order chi connectivity index (χ0) is 14.4. The van der Waals surface area contributed by atoms with E-state index in [9.17, 15) is 14.7 Å². The van der Waals surface area contributed by atoms with E-state index < -0.39 is 11.9 Å². The summed E-state index contributed by atoms with van der Waals surface area (Å²) in [5.41, 5.74) is 5.74. The molecular weight excluding hydrogens is 268 g/mol. The van der Waals surface area contributed by atoms with E-state index in [-0.39, 0.29) is 12.1 Å². The zero-order valence-electron chi connectivity index (χ0n) is 10.7. The summed E-state index contributed by atoms with van der Waals surface area (Å²) in [6.07, 6.45) is 1.78. The fourth-order valence-electron chi connectivity index (χ4n) is 1.78. The fraction of sp³-hybridized carbons (Fsp3) is 0.385. The van der Waals surface area contributed by atoms with Crippen LogP contribution in [0.15, 0.2) is 18.2 Å². The van der Waals surface area contributed by atoms with Crippen molar-refractivity contribution in [3.63, 3.8) is 0 Å². The highest BCUT2D eigenvalue weighted by Gasteiger charge is 2.17. The SMILES string of the molecule is CCCCN(CC(N)=O)c1ccc(Cl)cc1C(=O)O. The molecule has 6 heteroatoms. The van der Waals surface area contributed by atoms with Crippen LogP contribution in [0.3, 0.4) is 0 Å². The first-order chi connectivity index (χ1) is 8.95. The first-order valence-electron chi connectivity index (χ1n) is 6.01. The van der Waals surface area contributed by atoms with Crippen LogP contribution in [-0.2, 0) is 4.79 Å². The summed E-state index contributed by atoms with van der Waals surface area (Å²) in [6.45, 7) is 2.58. The second kappa shape index (κ2) is 6.99. The molecule has 104 valence electrons. The second-order valence-electron chi connectivity index (χ2n) is 4.21. The lowest BCUT2D eigenvalue weighted by Gasteiger charge is -2.24. The molecule has 0 aliphatic rings. The molecule has 0 spiro atoms. The number of carbonyl (C=O) groups excluding carboxylic acids is 1. The van der Waals surface area contributed by atoms with Gasteiger partial charge in [0.15, 0.2) is 0 Å². The number of halogens is 1. The number of unbranched alkanes of at least 4 members (excludes halogenated alkanes) is 1. The highest BCUT2D eigenvalue weighted by Crippen LogP contribution is 2.24. The topological polar surface area (TPSA) is 83.6 Å². The van der Waals surface area contributed by atoms with Crippen molar-refractivity contribution in [1.29, 1.82) is 0 Å². The fourth-order valence-corrected chi connectivity index (χ4v) is 1.95. The van der Waals surface area contributed by atoms with Gasteiger partial charge in [0.2, 0.25) is 5.91 Å². The van der Waals surface area contributed by atoms with E-state index >= 15 is 0 Å². The average Bonchev–Trinajstić information content (AvgIpc) is 2.34. The van der Waals surface area contributed by atoms with Crippen LogP contribution in [0.2, 0.25) is 5.02 Å². The van der Waals surface area contributed by atoms with Crippen molar-refractivity contribution in [1.82, 2.24) is 0 Å². The van der Waals surface area contributed by atoms with Gasteiger partial charge in [-0.3, -0.25) is 4.79 Å². The summed E-state index contributed by atoms with van der Waals surface area (Å²) in [5, 5.41) is 9.54. The maximum atomic E-state index is 11.2. The van der Waals surface area contributed by atoms with Gasteiger partial charge in [0, 0.05) is 11.6 Å². The summed E-state index contributed by atoms with van der Waals surface area (Å²) in [6, 6.07) is 4.58. The number of amides is 1. The van der Waals surface area contributed by atoms with Gasteiger partial charge in [-0.05, 0) is 24.6 Å². The van der Waals surface area contributed by atoms with Crippen molar-refractivity contribution in [3.8, 4) is 0 Å². The molecule has 1 aromatic rings. The molecule has 0 bridgehead atoms. The minimum atomic E-state index is -1.08. The summed E-state index contributed by atoms with van der Waals surface area (Å²) in [7, 11) is 0. The van der Waals surface area contributed by atoms with Crippen LogP contribution in [0.25, 0.3) is 0 Å². The molecule has 0 heterocycles. The molecular formula is C13H17ClN2O3. The first-order valence-corrected chi connectivity index (χ1v) is 6.39. The largest absolute Gasteiger partial charge is 0.478 e. The Balaban J connectivity index is 3.12.